The van der Waals surface area contributed by atoms with Crippen LogP contribution in [0.3, 0.4) is 0 Å². The van der Waals surface area contributed by atoms with E-state index in [2.05, 4.69) is 42.5 Å². The Labute approximate surface area is 181 Å². The summed E-state index contributed by atoms with van der Waals surface area (Å²) in [5, 5.41) is 4.57. The van der Waals surface area contributed by atoms with Crippen LogP contribution >= 0.6 is 0 Å². The molecule has 4 aromatic rings. The molecule has 1 unspecified atom stereocenters. The molecule has 4 nitrogen and oxygen atoms in total. The van der Waals surface area contributed by atoms with Crippen molar-refractivity contribution in [1.29, 1.82) is 0 Å². The third-order valence-electron chi connectivity index (χ3n) is 6.04. The second-order valence-corrected chi connectivity index (χ2v) is 7.87. The second-order valence-electron chi connectivity index (χ2n) is 7.87. The lowest BCUT2D eigenvalue weighted by Gasteiger charge is -2.35. The van der Waals surface area contributed by atoms with Crippen LogP contribution in [0, 0.1) is 0 Å². The molecule has 154 valence electrons. The topological polar surface area (TPSA) is 46.6 Å². The summed E-state index contributed by atoms with van der Waals surface area (Å²) in [7, 11) is 0. The molecule has 4 aromatic carbocycles. The molecule has 0 aromatic heterocycles. The van der Waals surface area contributed by atoms with Crippen molar-refractivity contribution in [2.75, 3.05) is 18.1 Å². The van der Waals surface area contributed by atoms with Gasteiger partial charge in [-0.1, -0.05) is 72.8 Å². The van der Waals surface area contributed by atoms with Crippen molar-refractivity contribution in [3.63, 3.8) is 0 Å². The van der Waals surface area contributed by atoms with Crippen LogP contribution in [0.4, 0.5) is 5.69 Å². The number of nitrogens with zero attached hydrogens (tertiary/aromatic N) is 1. The Balaban J connectivity index is 1.68. The highest BCUT2D eigenvalue weighted by molar-refractivity contribution is 6.05. The number of esters is 1. The van der Waals surface area contributed by atoms with Gasteiger partial charge in [-0.15, -0.1) is 0 Å². The Morgan fingerprint density at radius 3 is 2.45 bits per heavy atom. The van der Waals surface area contributed by atoms with E-state index in [1.54, 1.807) is 11.8 Å². The molecule has 1 heterocycles. The first-order valence-electron chi connectivity index (χ1n) is 10.6. The van der Waals surface area contributed by atoms with E-state index in [0.717, 1.165) is 33.0 Å². The quantitative estimate of drug-likeness (QED) is 0.423. The number of hydrogen-bond donors (Lipinski definition) is 0. The van der Waals surface area contributed by atoms with Crippen LogP contribution in [0.5, 0.6) is 0 Å². The lowest BCUT2D eigenvalue weighted by molar-refractivity contribution is -0.142. The maximum Gasteiger partial charge on any atom is 0.326 e. The molecule has 4 heteroatoms. The third-order valence-corrected chi connectivity index (χ3v) is 6.04. The summed E-state index contributed by atoms with van der Waals surface area (Å²) in [6.45, 7) is 2.00. The van der Waals surface area contributed by atoms with Crippen molar-refractivity contribution in [1.82, 2.24) is 0 Å². The van der Waals surface area contributed by atoms with Gasteiger partial charge in [0.1, 0.15) is 6.54 Å². The first-order valence-corrected chi connectivity index (χ1v) is 10.6. The van der Waals surface area contributed by atoms with E-state index >= 15 is 0 Å². The molecular formula is C27H23NO3. The maximum atomic E-state index is 13.2. The maximum absolute atomic E-state index is 13.2. The minimum Gasteiger partial charge on any atom is -0.465 e. The molecule has 0 radical (unpaired) electrons. The number of rotatable bonds is 4. The van der Waals surface area contributed by atoms with Gasteiger partial charge in [-0.2, -0.15) is 0 Å². The summed E-state index contributed by atoms with van der Waals surface area (Å²) in [5.41, 5.74) is 3.00. The van der Waals surface area contributed by atoms with Gasteiger partial charge in [-0.3, -0.25) is 9.59 Å². The van der Waals surface area contributed by atoms with E-state index in [1.807, 2.05) is 36.4 Å². The van der Waals surface area contributed by atoms with Gasteiger partial charge in [0.25, 0.3) is 0 Å². The normalized spacial score (nSPS) is 15.8. The first-order chi connectivity index (χ1) is 15.2. The SMILES string of the molecule is CCOC(=O)CN1C(=O)CC(c2ccc3ccccc3c2)c2c1ccc1ccccc21. The number of hydrogen-bond acceptors (Lipinski definition) is 3. The van der Waals surface area contributed by atoms with Gasteiger partial charge in [0.2, 0.25) is 5.91 Å². The zero-order valence-corrected chi connectivity index (χ0v) is 17.4. The standard InChI is InChI=1S/C27H23NO3/c1-2-31-26(30)17-28-24-14-13-19-8-5-6-10-22(19)27(24)23(16-25(28)29)21-12-11-18-7-3-4-9-20(18)15-21/h3-15,23H,2,16-17H2,1H3. The highest BCUT2D eigenvalue weighted by Crippen LogP contribution is 2.44. The Hall–Kier alpha value is -3.66. The fourth-order valence-corrected chi connectivity index (χ4v) is 4.63. The lowest BCUT2D eigenvalue weighted by atomic mass is 9.80. The van der Waals surface area contributed by atoms with E-state index in [9.17, 15) is 9.59 Å². The fourth-order valence-electron chi connectivity index (χ4n) is 4.63. The summed E-state index contributed by atoms with van der Waals surface area (Å²) >= 11 is 0. The zero-order chi connectivity index (χ0) is 21.4. The van der Waals surface area contributed by atoms with Gasteiger partial charge in [0.15, 0.2) is 0 Å². The minimum absolute atomic E-state index is 0.0611. The average Bonchev–Trinajstić information content (AvgIpc) is 2.80. The van der Waals surface area contributed by atoms with Crippen molar-refractivity contribution in [3.8, 4) is 0 Å². The molecule has 0 saturated carbocycles. The van der Waals surface area contributed by atoms with Crippen LogP contribution in [0.2, 0.25) is 0 Å². The molecule has 0 spiro atoms. The Morgan fingerprint density at radius 1 is 0.935 bits per heavy atom. The van der Waals surface area contributed by atoms with Crippen LogP contribution in [0.25, 0.3) is 21.5 Å². The van der Waals surface area contributed by atoms with E-state index < -0.39 is 0 Å². The van der Waals surface area contributed by atoms with Gasteiger partial charge in [0, 0.05) is 18.0 Å². The van der Waals surface area contributed by atoms with Crippen LogP contribution < -0.4 is 4.90 Å². The predicted molar refractivity (Wildman–Crippen MR) is 123 cm³/mol. The summed E-state index contributed by atoms with van der Waals surface area (Å²) in [6, 6.07) is 26.9. The molecule has 1 aliphatic rings. The highest BCUT2D eigenvalue weighted by Gasteiger charge is 2.34. The zero-order valence-electron chi connectivity index (χ0n) is 17.4. The van der Waals surface area contributed by atoms with E-state index in [4.69, 9.17) is 4.74 Å². The third kappa shape index (κ3) is 3.44. The molecular weight excluding hydrogens is 386 g/mol. The lowest BCUT2D eigenvalue weighted by Crippen LogP contribution is -2.41. The number of ether oxygens (including phenoxy) is 1. The van der Waals surface area contributed by atoms with Crippen LogP contribution in [-0.2, 0) is 14.3 Å². The second kappa shape index (κ2) is 7.88. The summed E-state index contributed by atoms with van der Waals surface area (Å²) in [6.07, 6.45) is 0.318. The van der Waals surface area contributed by atoms with Gasteiger partial charge in [-0.05, 0) is 45.7 Å². The Kier molecular flexibility index (Phi) is 4.91. The molecule has 1 amide bonds. The molecule has 0 saturated heterocycles. The van der Waals surface area contributed by atoms with Crippen LogP contribution in [0.1, 0.15) is 30.4 Å². The van der Waals surface area contributed by atoms with E-state index in [-0.39, 0.29) is 24.3 Å². The fraction of sp³-hybridized carbons (Fsp3) is 0.185. The average molecular weight is 409 g/mol. The van der Waals surface area contributed by atoms with Crippen molar-refractivity contribution in [2.45, 2.75) is 19.3 Å². The van der Waals surface area contributed by atoms with E-state index in [1.165, 1.54) is 5.39 Å². The smallest absolute Gasteiger partial charge is 0.326 e. The van der Waals surface area contributed by atoms with Gasteiger partial charge in [-0.25, -0.2) is 0 Å². The molecule has 0 fully saturated rings. The number of carbonyl (C=O) groups excluding carboxylic acids is 2. The number of carbonyl (C=O) groups is 2. The summed E-state index contributed by atoms with van der Waals surface area (Å²) in [4.78, 5) is 27.0. The van der Waals surface area contributed by atoms with Crippen molar-refractivity contribution < 1.29 is 14.3 Å². The predicted octanol–water partition coefficient (Wildman–Crippen LogP) is 5.42. The highest BCUT2D eigenvalue weighted by atomic mass is 16.5. The number of benzene rings is 4. The molecule has 1 aliphatic heterocycles. The molecule has 5 rings (SSSR count). The Bertz CT molecular complexity index is 1310. The number of fused-ring (bicyclic) bond motifs is 4. The van der Waals surface area contributed by atoms with E-state index in [0.29, 0.717) is 13.0 Å². The largest absolute Gasteiger partial charge is 0.465 e. The molecule has 31 heavy (non-hydrogen) atoms. The molecule has 0 bridgehead atoms. The van der Waals surface area contributed by atoms with Gasteiger partial charge >= 0.3 is 5.97 Å². The van der Waals surface area contributed by atoms with Crippen molar-refractivity contribution in [3.05, 3.63) is 90.0 Å². The summed E-state index contributed by atoms with van der Waals surface area (Å²) in [5.74, 6) is -0.523. The van der Waals surface area contributed by atoms with Gasteiger partial charge in [0.05, 0.1) is 6.61 Å². The van der Waals surface area contributed by atoms with Crippen molar-refractivity contribution >= 4 is 39.1 Å². The molecule has 0 aliphatic carbocycles. The molecule has 0 N–H and O–H groups in total. The Morgan fingerprint density at radius 2 is 1.65 bits per heavy atom. The van der Waals surface area contributed by atoms with Gasteiger partial charge < -0.3 is 9.64 Å². The van der Waals surface area contributed by atoms with Crippen LogP contribution in [0.15, 0.2) is 78.9 Å². The first kappa shape index (κ1) is 19.3. The molecule has 1 atom stereocenters. The number of amides is 1. The summed E-state index contributed by atoms with van der Waals surface area (Å²) < 4.78 is 5.12. The minimum atomic E-state index is -0.390. The van der Waals surface area contributed by atoms with Crippen molar-refractivity contribution in [2.24, 2.45) is 0 Å². The number of anilines is 1. The van der Waals surface area contributed by atoms with Crippen LogP contribution in [-0.4, -0.2) is 25.0 Å². The monoisotopic (exact) mass is 409 g/mol.